The number of hydrogen-bond donors (Lipinski definition) is 1. The lowest BCUT2D eigenvalue weighted by Crippen LogP contribution is -2.17. The maximum absolute atomic E-state index is 14.9. The first kappa shape index (κ1) is 28.9. The van der Waals surface area contributed by atoms with Crippen LogP contribution in [0.2, 0.25) is 0 Å². The molecule has 0 radical (unpaired) electrons. The zero-order valence-electron chi connectivity index (χ0n) is 20.8. The van der Waals surface area contributed by atoms with Gasteiger partial charge in [0.2, 0.25) is 0 Å². The first-order chi connectivity index (χ1) is 18.1. The number of ether oxygens (including phenoxy) is 5. The van der Waals surface area contributed by atoms with Crippen molar-refractivity contribution in [3.8, 4) is 22.6 Å². The third-order valence-electron chi connectivity index (χ3n) is 5.53. The Morgan fingerprint density at radius 3 is 2.18 bits per heavy atom. The minimum absolute atomic E-state index is 0.0413. The van der Waals surface area contributed by atoms with E-state index in [9.17, 15) is 22.4 Å². The summed E-state index contributed by atoms with van der Waals surface area (Å²) in [6, 6.07) is 12.7. The Balaban J connectivity index is 1.89. The molecule has 0 heterocycles. The number of carbonyl (C=O) groups is 1. The molecule has 204 valence electrons. The number of alkyl halides is 3. The van der Waals surface area contributed by atoms with Crippen molar-refractivity contribution in [2.75, 3.05) is 28.1 Å². The summed E-state index contributed by atoms with van der Waals surface area (Å²) in [6.07, 6.45) is -6.09. The molecule has 0 amide bonds. The standard InChI is InChI=1S/C27H26F4O7/c1-34-15-38-25-21(27(29,30)31)11-8-18(24(25)26(35-2)36-3)14-37-19-9-10-20(22(28)13-19)17-6-4-16(5-7-17)12-23(32)33/h4-11,13,26H,12,14-15H2,1-3H3,(H,32,33). The first-order valence-electron chi connectivity index (χ1n) is 11.2. The van der Waals surface area contributed by atoms with Gasteiger partial charge < -0.3 is 28.8 Å². The van der Waals surface area contributed by atoms with Crippen LogP contribution in [0.1, 0.15) is 28.5 Å². The molecule has 11 heteroatoms. The average molecular weight is 538 g/mol. The van der Waals surface area contributed by atoms with Gasteiger partial charge in [0, 0.05) is 38.5 Å². The smallest absolute Gasteiger partial charge is 0.419 e. The summed E-state index contributed by atoms with van der Waals surface area (Å²) in [4.78, 5) is 10.8. The van der Waals surface area contributed by atoms with E-state index in [0.717, 1.165) is 12.1 Å². The van der Waals surface area contributed by atoms with Crippen LogP contribution in [0.3, 0.4) is 0 Å². The molecule has 38 heavy (non-hydrogen) atoms. The number of benzene rings is 3. The molecule has 7 nitrogen and oxygen atoms in total. The number of aliphatic carboxylic acids is 1. The van der Waals surface area contributed by atoms with Crippen LogP contribution in [0.4, 0.5) is 17.6 Å². The molecule has 3 aromatic carbocycles. The Morgan fingerprint density at radius 2 is 1.63 bits per heavy atom. The van der Waals surface area contributed by atoms with Crippen LogP contribution >= 0.6 is 0 Å². The number of carboxylic acid groups (broad SMARTS) is 1. The van der Waals surface area contributed by atoms with Crippen molar-refractivity contribution in [2.45, 2.75) is 25.5 Å². The largest absolute Gasteiger partial charge is 0.489 e. The van der Waals surface area contributed by atoms with Crippen LogP contribution in [0.25, 0.3) is 11.1 Å². The predicted molar refractivity (Wildman–Crippen MR) is 128 cm³/mol. The van der Waals surface area contributed by atoms with Gasteiger partial charge in [0.15, 0.2) is 13.1 Å². The fourth-order valence-corrected chi connectivity index (χ4v) is 3.81. The van der Waals surface area contributed by atoms with E-state index in [2.05, 4.69) is 0 Å². The molecular weight excluding hydrogens is 512 g/mol. The molecule has 1 N–H and O–H groups in total. The minimum atomic E-state index is -4.73. The topological polar surface area (TPSA) is 83.5 Å². The van der Waals surface area contributed by atoms with Crippen molar-refractivity contribution in [3.63, 3.8) is 0 Å². The van der Waals surface area contributed by atoms with Crippen molar-refractivity contribution in [1.29, 1.82) is 0 Å². The van der Waals surface area contributed by atoms with E-state index >= 15 is 0 Å². The van der Waals surface area contributed by atoms with Gasteiger partial charge in [0.05, 0.1) is 17.5 Å². The van der Waals surface area contributed by atoms with Crippen molar-refractivity contribution in [2.24, 2.45) is 0 Å². The summed E-state index contributed by atoms with van der Waals surface area (Å²) >= 11 is 0. The zero-order chi connectivity index (χ0) is 27.9. The number of rotatable bonds is 12. The van der Waals surface area contributed by atoms with E-state index < -0.39 is 42.4 Å². The van der Waals surface area contributed by atoms with Gasteiger partial charge in [0.1, 0.15) is 23.9 Å². The Hall–Kier alpha value is -3.67. The zero-order valence-corrected chi connectivity index (χ0v) is 20.8. The predicted octanol–water partition coefficient (Wildman–Crippen LogP) is 5.99. The Kier molecular flexibility index (Phi) is 9.67. The second-order valence-electron chi connectivity index (χ2n) is 8.06. The SMILES string of the molecule is COCOc1c(C(F)(F)F)ccc(COc2ccc(-c3ccc(CC(=O)O)cc3)c(F)c2)c1C(OC)OC. The van der Waals surface area contributed by atoms with Gasteiger partial charge in [-0.25, -0.2) is 4.39 Å². The highest BCUT2D eigenvalue weighted by Gasteiger charge is 2.38. The summed E-state index contributed by atoms with van der Waals surface area (Å²) in [6.45, 7) is -0.701. The second kappa shape index (κ2) is 12.7. The van der Waals surface area contributed by atoms with Gasteiger partial charge in [-0.2, -0.15) is 13.2 Å². The van der Waals surface area contributed by atoms with Gasteiger partial charge >= 0.3 is 12.1 Å². The van der Waals surface area contributed by atoms with Crippen molar-refractivity contribution in [1.82, 2.24) is 0 Å². The van der Waals surface area contributed by atoms with Crippen LogP contribution in [0, 0.1) is 5.82 Å². The first-order valence-corrected chi connectivity index (χ1v) is 11.2. The highest BCUT2D eigenvalue weighted by atomic mass is 19.4. The lowest BCUT2D eigenvalue weighted by Gasteiger charge is -2.24. The van der Waals surface area contributed by atoms with Crippen molar-refractivity contribution in [3.05, 3.63) is 82.7 Å². The van der Waals surface area contributed by atoms with E-state index in [0.29, 0.717) is 11.1 Å². The summed E-state index contributed by atoms with van der Waals surface area (Å²) in [5.41, 5.74) is 0.557. The van der Waals surface area contributed by atoms with E-state index in [4.69, 9.17) is 28.8 Å². The van der Waals surface area contributed by atoms with Gasteiger partial charge in [-0.3, -0.25) is 4.79 Å². The minimum Gasteiger partial charge on any atom is -0.489 e. The highest BCUT2D eigenvalue weighted by molar-refractivity contribution is 5.71. The number of methoxy groups -OCH3 is 3. The molecule has 0 fully saturated rings. The van der Waals surface area contributed by atoms with Crippen LogP contribution in [0.5, 0.6) is 11.5 Å². The molecular formula is C27H26F4O7. The molecule has 0 atom stereocenters. The number of hydrogen-bond acceptors (Lipinski definition) is 6. The molecule has 0 saturated carbocycles. The number of halogens is 4. The Morgan fingerprint density at radius 1 is 0.947 bits per heavy atom. The second-order valence-corrected chi connectivity index (χ2v) is 8.06. The Bertz CT molecular complexity index is 1240. The molecule has 0 bridgehead atoms. The number of carboxylic acids is 1. The van der Waals surface area contributed by atoms with Gasteiger partial charge in [-0.15, -0.1) is 0 Å². The van der Waals surface area contributed by atoms with Crippen molar-refractivity contribution < 1.29 is 51.1 Å². The van der Waals surface area contributed by atoms with Gasteiger partial charge in [-0.05, 0) is 29.3 Å². The molecule has 3 aromatic rings. The summed E-state index contributed by atoms with van der Waals surface area (Å²) in [7, 11) is 3.80. The summed E-state index contributed by atoms with van der Waals surface area (Å²) in [5.74, 6) is -1.97. The highest BCUT2D eigenvalue weighted by Crippen LogP contribution is 2.43. The normalized spacial score (nSPS) is 11.6. The third kappa shape index (κ3) is 7.00. The van der Waals surface area contributed by atoms with E-state index in [-0.39, 0.29) is 35.5 Å². The van der Waals surface area contributed by atoms with Gasteiger partial charge in [0.25, 0.3) is 0 Å². The summed E-state index contributed by atoms with van der Waals surface area (Å²) < 4.78 is 82.3. The molecule has 0 spiro atoms. The Labute approximate surface area is 216 Å². The lowest BCUT2D eigenvalue weighted by atomic mass is 10.0. The van der Waals surface area contributed by atoms with Gasteiger partial charge in [-0.1, -0.05) is 30.3 Å². The molecule has 3 rings (SSSR count). The molecule has 0 aromatic heterocycles. The third-order valence-corrected chi connectivity index (χ3v) is 5.53. The van der Waals surface area contributed by atoms with Crippen LogP contribution in [-0.2, 0) is 38.2 Å². The quantitative estimate of drug-likeness (QED) is 0.224. The van der Waals surface area contributed by atoms with E-state index in [1.165, 1.54) is 39.5 Å². The van der Waals surface area contributed by atoms with E-state index in [1.54, 1.807) is 24.3 Å². The molecule has 0 aliphatic carbocycles. The molecule has 0 unspecified atom stereocenters. The molecule has 0 saturated heterocycles. The van der Waals surface area contributed by atoms with Crippen molar-refractivity contribution >= 4 is 5.97 Å². The van der Waals surface area contributed by atoms with Crippen LogP contribution in [0.15, 0.2) is 54.6 Å². The molecule has 0 aliphatic heterocycles. The average Bonchev–Trinajstić information content (AvgIpc) is 2.87. The monoisotopic (exact) mass is 538 g/mol. The maximum atomic E-state index is 14.9. The summed E-state index contributed by atoms with van der Waals surface area (Å²) in [5, 5.41) is 8.89. The van der Waals surface area contributed by atoms with E-state index in [1.807, 2.05) is 0 Å². The fourth-order valence-electron chi connectivity index (χ4n) is 3.81. The van der Waals surface area contributed by atoms with Crippen LogP contribution < -0.4 is 9.47 Å². The fraction of sp³-hybridized carbons (Fsp3) is 0.296. The van der Waals surface area contributed by atoms with Crippen LogP contribution in [-0.4, -0.2) is 39.2 Å². The maximum Gasteiger partial charge on any atom is 0.419 e. The lowest BCUT2D eigenvalue weighted by molar-refractivity contribution is -0.141. The molecule has 0 aliphatic rings.